The van der Waals surface area contributed by atoms with E-state index in [1.807, 2.05) is 0 Å². The number of nitrogens with two attached hydrogens (primary N) is 2. The zero-order valence-electron chi connectivity index (χ0n) is 9.40. The summed E-state index contributed by atoms with van der Waals surface area (Å²) in [5.41, 5.74) is 10.3. The van der Waals surface area contributed by atoms with Crippen LogP contribution in [0, 0.1) is 0 Å². The molecule has 0 amide bonds. The van der Waals surface area contributed by atoms with Gasteiger partial charge in [0.2, 0.25) is 0 Å². The maximum Gasteiger partial charge on any atom is 0.338 e. The third-order valence-electron chi connectivity index (χ3n) is 2.00. The number of nitrogens with one attached hydrogen (secondary N) is 2. The molecule has 8 nitrogen and oxygen atoms in total. The minimum atomic E-state index is -1.27. The summed E-state index contributed by atoms with van der Waals surface area (Å²) in [6.45, 7) is 0.466. The molecule has 0 aliphatic carbocycles. The second-order valence-electron chi connectivity index (χ2n) is 3.47. The Balaban J connectivity index is 3.87. The summed E-state index contributed by atoms with van der Waals surface area (Å²) >= 11 is 0. The number of rotatable bonds is 9. The molecule has 0 heterocycles. The lowest BCUT2D eigenvalue weighted by Gasteiger charge is -2.19. The molecule has 0 fully saturated rings. The SMILES string of the molecule is NC(N)=[NH+]CCC[C@H](NCCC(=O)[O-])C(=O)[O-]. The normalized spacial score (nSPS) is 11.8. The quantitative estimate of drug-likeness (QED) is 0.179. The van der Waals surface area contributed by atoms with Crippen LogP contribution in [0.5, 0.6) is 0 Å². The van der Waals surface area contributed by atoms with Gasteiger partial charge in [-0.3, -0.25) is 16.5 Å². The second kappa shape index (κ2) is 8.34. The van der Waals surface area contributed by atoms with Crippen LogP contribution in [0.1, 0.15) is 19.3 Å². The van der Waals surface area contributed by atoms with Crippen molar-refractivity contribution in [3.05, 3.63) is 0 Å². The van der Waals surface area contributed by atoms with Crippen LogP contribution in [-0.4, -0.2) is 37.0 Å². The van der Waals surface area contributed by atoms with Crippen LogP contribution in [-0.2, 0) is 9.59 Å². The maximum absolute atomic E-state index is 10.7. The third kappa shape index (κ3) is 9.12. The van der Waals surface area contributed by atoms with Crippen LogP contribution in [0.15, 0.2) is 0 Å². The van der Waals surface area contributed by atoms with E-state index in [4.69, 9.17) is 11.5 Å². The summed E-state index contributed by atoms with van der Waals surface area (Å²) in [6.07, 6.45) is 0.552. The van der Waals surface area contributed by atoms with E-state index in [1.54, 1.807) is 0 Å². The van der Waals surface area contributed by atoms with Gasteiger partial charge in [-0.1, -0.05) is 0 Å². The van der Waals surface area contributed by atoms with Crippen LogP contribution >= 0.6 is 0 Å². The average molecular weight is 245 g/mol. The Morgan fingerprint density at radius 3 is 2.41 bits per heavy atom. The van der Waals surface area contributed by atoms with E-state index < -0.39 is 18.0 Å². The standard InChI is InChI=1S/C9H18N4O4/c10-9(11)13-4-1-2-6(8(16)17)12-5-3-7(14)15/h6,12H,1-5H2,(H,14,15)(H,16,17)(H4,10,11,13)/p-1/t6-/m0/s1. The van der Waals surface area contributed by atoms with Gasteiger partial charge in [-0.2, -0.15) is 0 Å². The number of carboxylic acid groups (broad SMARTS) is 2. The van der Waals surface area contributed by atoms with Gasteiger partial charge in [0.25, 0.3) is 0 Å². The molecule has 0 aromatic heterocycles. The van der Waals surface area contributed by atoms with Gasteiger partial charge in [0.1, 0.15) is 0 Å². The molecule has 0 rings (SSSR count). The number of aliphatic carboxylic acids is 2. The first-order valence-corrected chi connectivity index (χ1v) is 5.19. The minimum Gasteiger partial charge on any atom is -0.550 e. The van der Waals surface area contributed by atoms with Crippen molar-refractivity contribution in [2.24, 2.45) is 11.5 Å². The van der Waals surface area contributed by atoms with Crippen molar-refractivity contribution in [3.63, 3.8) is 0 Å². The molecule has 0 aromatic carbocycles. The number of hydrogen-bond donors (Lipinski definition) is 4. The number of guanidine groups is 1. The first-order valence-electron chi connectivity index (χ1n) is 5.19. The van der Waals surface area contributed by atoms with Crippen molar-refractivity contribution in [1.29, 1.82) is 0 Å². The number of hydrogen-bond acceptors (Lipinski definition) is 5. The smallest absolute Gasteiger partial charge is 0.338 e. The summed E-state index contributed by atoms with van der Waals surface area (Å²) in [7, 11) is 0. The van der Waals surface area contributed by atoms with E-state index in [-0.39, 0.29) is 25.3 Å². The molecule has 0 bridgehead atoms. The fourth-order valence-corrected chi connectivity index (χ4v) is 1.19. The van der Waals surface area contributed by atoms with Gasteiger partial charge in [0.05, 0.1) is 12.5 Å². The Labute approximate surface area is 98.7 Å². The predicted octanol–water partition coefficient (Wildman–Crippen LogP) is -6.03. The summed E-state index contributed by atoms with van der Waals surface area (Å²) in [5.74, 6) is -2.44. The van der Waals surface area contributed by atoms with Crippen molar-refractivity contribution in [2.45, 2.75) is 25.3 Å². The monoisotopic (exact) mass is 245 g/mol. The molecule has 0 aliphatic heterocycles. The van der Waals surface area contributed by atoms with E-state index in [0.29, 0.717) is 13.0 Å². The van der Waals surface area contributed by atoms with Crippen LogP contribution < -0.4 is 32.0 Å². The van der Waals surface area contributed by atoms with Gasteiger partial charge in [-0.05, 0) is 19.3 Å². The molecule has 0 saturated carbocycles. The lowest BCUT2D eigenvalue weighted by atomic mass is 10.1. The minimum absolute atomic E-state index is 0.0273. The second-order valence-corrected chi connectivity index (χ2v) is 3.47. The molecule has 17 heavy (non-hydrogen) atoms. The molecule has 0 spiro atoms. The average Bonchev–Trinajstić information content (AvgIpc) is 2.20. The molecule has 0 saturated heterocycles. The first-order chi connectivity index (χ1) is 7.93. The molecule has 0 unspecified atom stereocenters. The molecule has 6 N–H and O–H groups in total. The van der Waals surface area contributed by atoms with Gasteiger partial charge in [-0.15, -0.1) is 0 Å². The van der Waals surface area contributed by atoms with Crippen molar-refractivity contribution in [2.75, 3.05) is 13.1 Å². The molecule has 0 radical (unpaired) electrons. The summed E-state index contributed by atoms with van der Waals surface area (Å²) in [4.78, 5) is 23.5. The molecular formula is C9H17N4O4-. The Morgan fingerprint density at radius 1 is 1.29 bits per heavy atom. The summed E-state index contributed by atoms with van der Waals surface area (Å²) in [5, 5.41) is 23.4. The van der Waals surface area contributed by atoms with Crippen LogP contribution in [0.2, 0.25) is 0 Å². The zero-order valence-corrected chi connectivity index (χ0v) is 9.40. The van der Waals surface area contributed by atoms with E-state index >= 15 is 0 Å². The van der Waals surface area contributed by atoms with Gasteiger partial charge < -0.3 is 25.1 Å². The lowest BCUT2D eigenvalue weighted by molar-refractivity contribution is -0.459. The van der Waals surface area contributed by atoms with E-state index in [1.165, 1.54) is 0 Å². The molecule has 98 valence electrons. The Hall–Kier alpha value is -1.83. The molecule has 0 aliphatic rings. The van der Waals surface area contributed by atoms with Crippen LogP contribution in [0.25, 0.3) is 0 Å². The number of carbonyl (C=O) groups excluding carboxylic acids is 2. The maximum atomic E-state index is 10.7. The van der Waals surface area contributed by atoms with Crippen LogP contribution in [0.3, 0.4) is 0 Å². The Bertz CT molecular complexity index is 289. The van der Waals surface area contributed by atoms with Gasteiger partial charge in [0, 0.05) is 18.6 Å². The fourth-order valence-electron chi connectivity index (χ4n) is 1.19. The summed E-state index contributed by atoms with van der Waals surface area (Å²) in [6, 6.07) is -0.893. The highest BCUT2D eigenvalue weighted by Crippen LogP contribution is 1.94. The van der Waals surface area contributed by atoms with Crippen molar-refractivity contribution in [3.8, 4) is 0 Å². The first kappa shape index (κ1) is 15.2. The predicted molar refractivity (Wildman–Crippen MR) is 54.9 cm³/mol. The van der Waals surface area contributed by atoms with Crippen molar-refractivity contribution >= 4 is 17.9 Å². The highest BCUT2D eigenvalue weighted by atomic mass is 16.4. The molecule has 1 atom stereocenters. The van der Waals surface area contributed by atoms with Crippen molar-refractivity contribution in [1.82, 2.24) is 5.32 Å². The highest BCUT2D eigenvalue weighted by Gasteiger charge is 2.08. The molecule has 8 heteroatoms. The van der Waals surface area contributed by atoms with Gasteiger partial charge in [-0.25, -0.2) is 0 Å². The topological polar surface area (TPSA) is 158 Å². The lowest BCUT2D eigenvalue weighted by Crippen LogP contribution is -2.78. The highest BCUT2D eigenvalue weighted by molar-refractivity contribution is 5.71. The fraction of sp³-hybridized carbons (Fsp3) is 0.667. The van der Waals surface area contributed by atoms with Gasteiger partial charge in [0.15, 0.2) is 0 Å². The summed E-state index contributed by atoms with van der Waals surface area (Å²) < 4.78 is 0. The van der Waals surface area contributed by atoms with E-state index in [2.05, 4.69) is 10.3 Å². The Morgan fingerprint density at radius 2 is 1.94 bits per heavy atom. The van der Waals surface area contributed by atoms with E-state index in [0.717, 1.165) is 0 Å². The Kier molecular flexibility index (Phi) is 7.44. The van der Waals surface area contributed by atoms with E-state index in [9.17, 15) is 19.8 Å². The number of carboxylic acids is 2. The third-order valence-corrected chi connectivity index (χ3v) is 2.00. The van der Waals surface area contributed by atoms with Crippen molar-refractivity contribution < 1.29 is 24.8 Å². The molecule has 0 aromatic rings. The number of carbonyl (C=O) groups is 2. The van der Waals surface area contributed by atoms with Gasteiger partial charge >= 0.3 is 5.96 Å². The largest absolute Gasteiger partial charge is 0.550 e. The van der Waals surface area contributed by atoms with Crippen LogP contribution in [0.4, 0.5) is 0 Å². The zero-order chi connectivity index (χ0) is 13.3. The molecular weight excluding hydrogens is 228 g/mol.